The zero-order valence-corrected chi connectivity index (χ0v) is 27.6. The molecule has 0 saturated heterocycles. The van der Waals surface area contributed by atoms with Gasteiger partial charge in [0.2, 0.25) is 0 Å². The number of hydrogen-bond acceptors (Lipinski definition) is 2. The van der Waals surface area contributed by atoms with Crippen LogP contribution in [-0.4, -0.2) is 9.97 Å². The Morgan fingerprint density at radius 1 is 0.340 bits per heavy atom. The highest BCUT2D eigenvalue weighted by Gasteiger charge is 2.41. The van der Waals surface area contributed by atoms with Gasteiger partial charge in [0.1, 0.15) is 0 Å². The minimum atomic E-state index is -0.311. The Morgan fingerprint density at radius 3 is 1.74 bits per heavy atom. The molecule has 10 bridgehead atoms. The number of hydrogen-bond donors (Lipinski definition) is 0. The van der Waals surface area contributed by atoms with Crippen molar-refractivity contribution in [3.8, 4) is 78.4 Å². The van der Waals surface area contributed by atoms with Crippen molar-refractivity contribution in [2.45, 2.75) is 12.3 Å². The topological polar surface area (TPSA) is 25.8 Å². The van der Waals surface area contributed by atoms with Crippen molar-refractivity contribution < 1.29 is 0 Å². The lowest BCUT2D eigenvalue weighted by Gasteiger charge is -2.29. The second-order valence-electron chi connectivity index (χ2n) is 13.6. The highest BCUT2D eigenvalue weighted by atomic mass is 14.9. The molecule has 1 unspecified atom stereocenters. The van der Waals surface area contributed by atoms with Crippen LogP contribution in [0.1, 0.15) is 23.6 Å². The number of nitrogens with zero attached hydrogens (tertiary/aromatic N) is 2. The molecule has 1 heterocycles. The van der Waals surface area contributed by atoms with Crippen LogP contribution >= 0.6 is 0 Å². The molecule has 8 aromatic rings. The summed E-state index contributed by atoms with van der Waals surface area (Å²) in [5, 5.41) is 0. The van der Waals surface area contributed by atoms with Gasteiger partial charge in [0, 0.05) is 22.1 Å². The second kappa shape index (κ2) is 11.1. The third kappa shape index (κ3) is 4.42. The Labute approximate surface area is 292 Å². The van der Waals surface area contributed by atoms with Gasteiger partial charge in [-0.25, -0.2) is 9.97 Å². The minimum Gasteiger partial charge on any atom is -0.228 e. The van der Waals surface area contributed by atoms with Gasteiger partial charge in [0.25, 0.3) is 0 Å². The monoisotopic (exact) mass is 636 g/mol. The maximum atomic E-state index is 5.26. The molecule has 11 rings (SSSR count). The van der Waals surface area contributed by atoms with Crippen LogP contribution in [0.4, 0.5) is 0 Å². The van der Waals surface area contributed by atoms with Gasteiger partial charge in [-0.1, -0.05) is 140 Å². The van der Waals surface area contributed by atoms with Crippen LogP contribution in [-0.2, 0) is 5.41 Å². The molecule has 2 nitrogen and oxygen atoms in total. The molecular formula is C48H32N2. The normalized spacial score (nSPS) is 15.0. The van der Waals surface area contributed by atoms with Crippen molar-refractivity contribution in [3.63, 3.8) is 0 Å². The van der Waals surface area contributed by atoms with Gasteiger partial charge in [-0.05, 0) is 105 Å². The quantitative estimate of drug-likeness (QED) is 0.189. The molecule has 0 N–H and O–H groups in total. The van der Waals surface area contributed by atoms with Gasteiger partial charge in [0.05, 0.1) is 11.4 Å². The summed E-state index contributed by atoms with van der Waals surface area (Å²) in [7, 11) is 0. The third-order valence-electron chi connectivity index (χ3n) is 10.7. The molecule has 234 valence electrons. The van der Waals surface area contributed by atoms with Crippen LogP contribution < -0.4 is 0 Å². The van der Waals surface area contributed by atoms with E-state index in [2.05, 4.69) is 177 Å². The summed E-state index contributed by atoms with van der Waals surface area (Å²) >= 11 is 0. The van der Waals surface area contributed by atoms with Crippen LogP contribution in [0.25, 0.3) is 78.4 Å². The first-order chi connectivity index (χ1) is 24.6. The summed E-state index contributed by atoms with van der Waals surface area (Å²) in [6, 6.07) is 63.8. The van der Waals surface area contributed by atoms with Crippen LogP contribution in [0.15, 0.2) is 176 Å². The maximum Gasteiger partial charge on any atom is 0.160 e. The van der Waals surface area contributed by atoms with E-state index in [-0.39, 0.29) is 5.41 Å². The van der Waals surface area contributed by atoms with E-state index >= 15 is 0 Å². The number of rotatable bonds is 2. The Balaban J connectivity index is 1.34. The lowest BCUT2D eigenvalue weighted by molar-refractivity contribution is 0.714. The van der Waals surface area contributed by atoms with E-state index in [0.29, 0.717) is 5.82 Å². The zero-order valence-electron chi connectivity index (χ0n) is 27.6. The number of benzene rings is 7. The highest BCUT2D eigenvalue weighted by Crippen LogP contribution is 2.54. The first-order valence-corrected chi connectivity index (χ1v) is 17.2. The number of fused-ring (bicyclic) bond motifs is 2. The van der Waals surface area contributed by atoms with Gasteiger partial charge in [-0.2, -0.15) is 0 Å². The fourth-order valence-electron chi connectivity index (χ4n) is 8.14. The van der Waals surface area contributed by atoms with E-state index in [1.165, 1.54) is 44.5 Å². The first-order valence-electron chi connectivity index (χ1n) is 17.2. The lowest BCUT2D eigenvalue weighted by Crippen LogP contribution is -2.22. The molecule has 1 aromatic heterocycles. The molecule has 0 aliphatic heterocycles. The zero-order chi connectivity index (χ0) is 33.2. The van der Waals surface area contributed by atoms with E-state index in [1.54, 1.807) is 0 Å². The molecule has 7 aromatic carbocycles. The van der Waals surface area contributed by atoms with Crippen LogP contribution in [0.2, 0.25) is 0 Å². The molecule has 0 amide bonds. The Morgan fingerprint density at radius 2 is 0.940 bits per heavy atom. The predicted molar refractivity (Wildman–Crippen MR) is 206 cm³/mol. The largest absolute Gasteiger partial charge is 0.228 e. The van der Waals surface area contributed by atoms with Gasteiger partial charge in [-0.15, -0.1) is 0 Å². The minimum absolute atomic E-state index is 0.311. The summed E-state index contributed by atoms with van der Waals surface area (Å²) in [5.41, 5.74) is 18.1. The van der Waals surface area contributed by atoms with E-state index in [9.17, 15) is 0 Å². The Kier molecular flexibility index (Phi) is 6.34. The van der Waals surface area contributed by atoms with Crippen molar-refractivity contribution >= 4 is 0 Å². The van der Waals surface area contributed by atoms with Crippen molar-refractivity contribution in [1.29, 1.82) is 0 Å². The Hall–Kier alpha value is -6.38. The van der Waals surface area contributed by atoms with E-state index in [4.69, 9.17) is 9.97 Å². The Bertz CT molecular complexity index is 2600. The van der Waals surface area contributed by atoms with Gasteiger partial charge < -0.3 is 0 Å². The highest BCUT2D eigenvalue weighted by molar-refractivity contribution is 5.91. The molecule has 0 spiro atoms. The predicted octanol–water partition coefficient (Wildman–Crippen LogP) is 12.1. The standard InChI is InChI=1S/C48H32N2/c1-48-38-18-12-17-33(28-38)36-25-35(31-13-4-2-5-14-31)26-37(27-36)45-30-46(50-47(49-45)32-15-6-3-7-16-32)41-21-9-8-19-39(41)34-23-24-44(48)42(29-34)40-20-10-11-22-43(40)48/h2-30H,1H3. The molecule has 0 radical (unpaired) electrons. The average Bonchev–Trinajstić information content (AvgIpc) is 3.46. The van der Waals surface area contributed by atoms with Crippen molar-refractivity contribution in [2.75, 3.05) is 0 Å². The van der Waals surface area contributed by atoms with E-state index in [0.717, 1.165) is 44.8 Å². The summed E-state index contributed by atoms with van der Waals surface area (Å²) in [6.07, 6.45) is 0. The van der Waals surface area contributed by atoms with Crippen molar-refractivity contribution in [2.24, 2.45) is 0 Å². The SMILES string of the molecule is CC12c3cccc(c3)-c3cc(-c4ccccc4)cc(c3)-c3cc(nc(-c4ccccc4)n3)-c3ccccc3-c3ccc1c(c3)-c1ccccc12. The van der Waals surface area contributed by atoms with Crippen LogP contribution in [0, 0.1) is 0 Å². The fourth-order valence-corrected chi connectivity index (χ4v) is 8.14. The molecule has 2 heteroatoms. The summed E-state index contributed by atoms with van der Waals surface area (Å²) in [4.78, 5) is 10.5. The fraction of sp³-hybridized carbons (Fsp3) is 0.0417. The van der Waals surface area contributed by atoms with Crippen molar-refractivity contribution in [3.05, 3.63) is 193 Å². The molecule has 3 aliphatic rings. The smallest absolute Gasteiger partial charge is 0.160 e. The average molecular weight is 637 g/mol. The van der Waals surface area contributed by atoms with Crippen LogP contribution in [0.3, 0.4) is 0 Å². The summed E-state index contributed by atoms with van der Waals surface area (Å²) < 4.78 is 0. The second-order valence-corrected chi connectivity index (χ2v) is 13.6. The molecule has 1 atom stereocenters. The first kappa shape index (κ1) is 28.6. The molecular weight excluding hydrogens is 605 g/mol. The molecule has 0 saturated carbocycles. The van der Waals surface area contributed by atoms with E-state index in [1.807, 2.05) is 6.07 Å². The number of aromatic nitrogens is 2. The van der Waals surface area contributed by atoms with Gasteiger partial charge in [-0.3, -0.25) is 0 Å². The summed E-state index contributed by atoms with van der Waals surface area (Å²) in [6.45, 7) is 2.39. The summed E-state index contributed by atoms with van der Waals surface area (Å²) in [5.74, 6) is 0.710. The maximum absolute atomic E-state index is 5.26. The lowest BCUT2D eigenvalue weighted by atomic mass is 9.73. The van der Waals surface area contributed by atoms with Gasteiger partial charge >= 0.3 is 0 Å². The van der Waals surface area contributed by atoms with Crippen molar-refractivity contribution in [1.82, 2.24) is 9.97 Å². The van der Waals surface area contributed by atoms with Gasteiger partial charge in [0.15, 0.2) is 5.82 Å². The van der Waals surface area contributed by atoms with E-state index < -0.39 is 0 Å². The third-order valence-corrected chi connectivity index (χ3v) is 10.7. The van der Waals surface area contributed by atoms with Crippen LogP contribution in [0.5, 0.6) is 0 Å². The molecule has 50 heavy (non-hydrogen) atoms. The molecule has 0 fully saturated rings. The molecule has 3 aliphatic carbocycles.